The van der Waals surface area contributed by atoms with E-state index >= 15 is 0 Å². The van der Waals surface area contributed by atoms with Gasteiger partial charge in [-0.25, -0.2) is 4.98 Å². The van der Waals surface area contributed by atoms with Gasteiger partial charge in [-0.15, -0.1) is 0 Å². The maximum Gasteiger partial charge on any atom is 0.468 e. The van der Waals surface area contributed by atoms with Crippen LogP contribution in [0.4, 0.5) is 13.2 Å². The molecule has 2 rings (SSSR count). The summed E-state index contributed by atoms with van der Waals surface area (Å²) >= 11 is 0. The van der Waals surface area contributed by atoms with Crippen molar-refractivity contribution in [2.24, 2.45) is 0 Å². The molecule has 1 aromatic rings. The number of nitrogens with zero attached hydrogens (tertiary/aromatic N) is 1. The number of nitrogens with one attached hydrogen (secondary N) is 1. The van der Waals surface area contributed by atoms with Gasteiger partial charge in [-0.3, -0.25) is 0 Å². The topological polar surface area (TPSA) is 47.3 Å². The highest BCUT2D eigenvalue weighted by Crippen LogP contribution is 2.31. The van der Waals surface area contributed by atoms with E-state index in [0.29, 0.717) is 19.8 Å². The van der Waals surface area contributed by atoms with Crippen molar-refractivity contribution in [3.05, 3.63) is 17.3 Å². The third-order valence-electron chi connectivity index (χ3n) is 2.33. The van der Waals surface area contributed by atoms with E-state index in [2.05, 4.69) is 14.7 Å². The van der Waals surface area contributed by atoms with Crippen LogP contribution in [0.5, 0.6) is 0 Å². The number of rotatable bonds is 1. The lowest BCUT2D eigenvalue weighted by atomic mass is 10.2. The third-order valence-corrected chi connectivity index (χ3v) is 2.33. The molecule has 0 aliphatic carbocycles. The predicted molar refractivity (Wildman–Crippen MR) is 47.8 cm³/mol. The molecular weight excluding hydrogens is 225 g/mol. The quantitative estimate of drug-likeness (QED) is 0.805. The number of aryl methyl sites for hydroxylation is 1. The maximum atomic E-state index is 12.3. The molecule has 90 valence electrons. The average Bonchev–Trinajstić information content (AvgIpc) is 2.61. The maximum absolute atomic E-state index is 12.3. The fraction of sp³-hybridized carbons (Fsp3) is 0.667. The molecule has 1 saturated heterocycles. The van der Waals surface area contributed by atoms with Gasteiger partial charge in [0.2, 0.25) is 0 Å². The molecule has 1 aliphatic heterocycles. The van der Waals surface area contributed by atoms with Crippen LogP contribution in [0, 0.1) is 6.92 Å². The van der Waals surface area contributed by atoms with E-state index in [-0.39, 0.29) is 17.5 Å². The summed E-state index contributed by atoms with van der Waals surface area (Å²) in [7, 11) is 0. The standard InChI is InChI=1S/C9H11F3N2O2/c1-5-7(6-4-15-3-2-13-6)14-8(16-5)9(10,11)12/h6,13H,2-4H2,1H3. The first-order valence-corrected chi connectivity index (χ1v) is 4.84. The van der Waals surface area contributed by atoms with Gasteiger partial charge in [0.15, 0.2) is 0 Å². The normalized spacial score (nSPS) is 22.4. The summed E-state index contributed by atoms with van der Waals surface area (Å²) in [5.41, 5.74) is 0.270. The molecule has 1 atom stereocenters. The Balaban J connectivity index is 2.24. The number of halogens is 3. The van der Waals surface area contributed by atoms with Crippen molar-refractivity contribution in [1.29, 1.82) is 0 Å². The van der Waals surface area contributed by atoms with E-state index in [0.717, 1.165) is 0 Å². The van der Waals surface area contributed by atoms with Gasteiger partial charge in [0.1, 0.15) is 11.5 Å². The highest BCUT2D eigenvalue weighted by Gasteiger charge is 2.39. The van der Waals surface area contributed by atoms with Crippen molar-refractivity contribution in [2.45, 2.75) is 19.1 Å². The lowest BCUT2D eigenvalue weighted by Gasteiger charge is -2.22. The Kier molecular flexibility index (Phi) is 2.90. The van der Waals surface area contributed by atoms with Crippen LogP contribution < -0.4 is 5.32 Å². The van der Waals surface area contributed by atoms with Crippen molar-refractivity contribution in [1.82, 2.24) is 10.3 Å². The van der Waals surface area contributed by atoms with Crippen LogP contribution in [0.1, 0.15) is 23.4 Å². The van der Waals surface area contributed by atoms with Gasteiger partial charge in [0.25, 0.3) is 0 Å². The summed E-state index contributed by atoms with van der Waals surface area (Å²) in [6, 6.07) is -0.325. The fourth-order valence-corrected chi connectivity index (χ4v) is 1.59. The first kappa shape index (κ1) is 11.4. The second-order valence-electron chi connectivity index (χ2n) is 3.54. The zero-order valence-electron chi connectivity index (χ0n) is 8.60. The van der Waals surface area contributed by atoms with Crippen molar-refractivity contribution in [3.63, 3.8) is 0 Å². The Labute approximate surface area is 89.8 Å². The van der Waals surface area contributed by atoms with Crippen LogP contribution in [-0.2, 0) is 10.9 Å². The largest absolute Gasteiger partial charge is 0.468 e. The summed E-state index contributed by atoms with van der Waals surface area (Å²) in [4.78, 5) is 3.47. The number of aromatic nitrogens is 1. The highest BCUT2D eigenvalue weighted by molar-refractivity contribution is 5.14. The van der Waals surface area contributed by atoms with Crippen molar-refractivity contribution < 1.29 is 22.3 Å². The van der Waals surface area contributed by atoms with Gasteiger partial charge < -0.3 is 14.5 Å². The summed E-state index contributed by atoms with van der Waals surface area (Å²) in [5.74, 6) is -1.03. The average molecular weight is 236 g/mol. The molecule has 16 heavy (non-hydrogen) atoms. The molecule has 0 radical (unpaired) electrons. The van der Waals surface area contributed by atoms with Gasteiger partial charge in [0, 0.05) is 6.54 Å². The third kappa shape index (κ3) is 2.19. The Morgan fingerprint density at radius 3 is 2.69 bits per heavy atom. The van der Waals surface area contributed by atoms with Crippen LogP contribution in [0.2, 0.25) is 0 Å². The monoisotopic (exact) mass is 236 g/mol. The first-order valence-electron chi connectivity index (χ1n) is 4.84. The van der Waals surface area contributed by atoms with Gasteiger partial charge in [-0.2, -0.15) is 13.2 Å². The number of oxazole rings is 1. The molecule has 0 spiro atoms. The van der Waals surface area contributed by atoms with E-state index in [9.17, 15) is 13.2 Å². The zero-order valence-corrected chi connectivity index (χ0v) is 8.60. The molecule has 4 nitrogen and oxygen atoms in total. The molecule has 0 aromatic carbocycles. The van der Waals surface area contributed by atoms with Crippen LogP contribution >= 0.6 is 0 Å². The Hall–Kier alpha value is -1.08. The molecule has 1 aromatic heterocycles. The first-order chi connectivity index (χ1) is 7.48. The van der Waals surface area contributed by atoms with E-state index in [1.165, 1.54) is 6.92 Å². The summed E-state index contributed by atoms with van der Waals surface area (Å²) < 4.78 is 46.8. The van der Waals surface area contributed by atoms with Crippen molar-refractivity contribution in [3.8, 4) is 0 Å². The van der Waals surface area contributed by atoms with Crippen LogP contribution in [-0.4, -0.2) is 24.7 Å². The minimum atomic E-state index is -4.54. The number of morpholine rings is 1. The highest BCUT2D eigenvalue weighted by atomic mass is 19.4. The minimum Gasteiger partial charge on any atom is -0.438 e. The second kappa shape index (κ2) is 4.06. The molecule has 0 saturated carbocycles. The van der Waals surface area contributed by atoms with Crippen LogP contribution in [0.25, 0.3) is 0 Å². The molecule has 1 fully saturated rings. The van der Waals surface area contributed by atoms with E-state index in [1.54, 1.807) is 0 Å². The van der Waals surface area contributed by atoms with Gasteiger partial charge in [-0.1, -0.05) is 0 Å². The fourth-order valence-electron chi connectivity index (χ4n) is 1.59. The van der Waals surface area contributed by atoms with Crippen LogP contribution in [0.15, 0.2) is 4.42 Å². The Morgan fingerprint density at radius 2 is 2.19 bits per heavy atom. The van der Waals surface area contributed by atoms with Crippen molar-refractivity contribution in [2.75, 3.05) is 19.8 Å². The Morgan fingerprint density at radius 1 is 1.44 bits per heavy atom. The van der Waals surface area contributed by atoms with Crippen LogP contribution in [0.3, 0.4) is 0 Å². The molecule has 1 aliphatic rings. The molecule has 1 unspecified atom stereocenters. The van der Waals surface area contributed by atoms with Gasteiger partial charge >= 0.3 is 12.1 Å². The summed E-state index contributed by atoms with van der Waals surface area (Å²) in [6.45, 7) is 2.93. The number of hydrogen-bond acceptors (Lipinski definition) is 4. The van der Waals surface area contributed by atoms with Crippen molar-refractivity contribution >= 4 is 0 Å². The molecular formula is C9H11F3N2O2. The SMILES string of the molecule is Cc1oc(C(F)(F)F)nc1C1COCCN1. The number of ether oxygens (including phenoxy) is 1. The molecule has 1 N–H and O–H groups in total. The van der Waals surface area contributed by atoms with E-state index in [1.807, 2.05) is 0 Å². The second-order valence-corrected chi connectivity index (χ2v) is 3.54. The lowest BCUT2D eigenvalue weighted by molar-refractivity contribution is -0.157. The number of alkyl halides is 3. The zero-order chi connectivity index (χ0) is 11.8. The summed E-state index contributed by atoms with van der Waals surface area (Å²) in [5, 5.41) is 3.03. The van der Waals surface area contributed by atoms with Gasteiger partial charge in [0.05, 0.1) is 19.3 Å². The molecule has 0 amide bonds. The lowest BCUT2D eigenvalue weighted by Crippen LogP contribution is -2.35. The predicted octanol–water partition coefficient (Wildman–Crippen LogP) is 1.66. The molecule has 7 heteroatoms. The smallest absolute Gasteiger partial charge is 0.438 e. The Bertz CT molecular complexity index is 369. The van der Waals surface area contributed by atoms with E-state index < -0.39 is 12.1 Å². The van der Waals surface area contributed by atoms with E-state index in [4.69, 9.17) is 4.74 Å². The molecule has 0 bridgehead atoms. The summed E-state index contributed by atoms with van der Waals surface area (Å²) in [6.07, 6.45) is -4.54. The number of hydrogen-bond donors (Lipinski definition) is 1. The minimum absolute atomic E-state index is 0.176. The molecule has 2 heterocycles. The van der Waals surface area contributed by atoms with Gasteiger partial charge in [-0.05, 0) is 6.92 Å².